The Bertz CT molecular complexity index is 1100. The Morgan fingerprint density at radius 3 is 2.65 bits per heavy atom. The van der Waals surface area contributed by atoms with Crippen molar-refractivity contribution in [2.75, 3.05) is 19.0 Å². The number of phenols is 1. The monoisotopic (exact) mass is 436 g/mol. The number of para-hydroxylation sites is 1. The minimum Gasteiger partial charge on any atom is -0.504 e. The summed E-state index contributed by atoms with van der Waals surface area (Å²) < 4.78 is 50.1. The lowest BCUT2D eigenvalue weighted by molar-refractivity contribution is -0.137. The van der Waals surface area contributed by atoms with Gasteiger partial charge in [-0.15, -0.1) is 0 Å². The quantitative estimate of drug-likeness (QED) is 0.571. The molecule has 0 aliphatic carbocycles. The number of hydrogen-bond donors (Lipinski definition) is 2. The molecule has 3 rings (SSSR count). The fourth-order valence-corrected chi connectivity index (χ4v) is 2.59. The molecule has 0 saturated carbocycles. The summed E-state index contributed by atoms with van der Waals surface area (Å²) in [5.41, 5.74) is -1.33. The molecule has 31 heavy (non-hydrogen) atoms. The van der Waals surface area contributed by atoms with Crippen molar-refractivity contribution >= 4 is 17.6 Å². The maximum Gasteiger partial charge on any atom is 0.416 e. The average molecular weight is 436 g/mol. The molecule has 0 saturated heterocycles. The third-order valence-corrected chi connectivity index (χ3v) is 4.04. The molecule has 0 fully saturated rings. The van der Waals surface area contributed by atoms with Gasteiger partial charge in [0, 0.05) is 0 Å². The fourth-order valence-electron chi connectivity index (χ4n) is 2.59. The van der Waals surface area contributed by atoms with Gasteiger partial charge in [0.1, 0.15) is 18.2 Å². The normalized spacial score (nSPS) is 11.1. The van der Waals surface area contributed by atoms with Gasteiger partial charge >= 0.3 is 12.1 Å². The van der Waals surface area contributed by atoms with E-state index >= 15 is 0 Å². The fraction of sp³-hybridized carbons (Fsp3) is 0.158. The van der Waals surface area contributed by atoms with Crippen LogP contribution in [0.5, 0.6) is 11.5 Å². The van der Waals surface area contributed by atoms with Gasteiger partial charge in [-0.1, -0.05) is 6.07 Å². The molecule has 9 nitrogen and oxygen atoms in total. The first-order valence-electron chi connectivity index (χ1n) is 8.60. The number of phenolic OH excluding ortho intramolecular Hbond substituents is 1. The summed E-state index contributed by atoms with van der Waals surface area (Å²) in [6.07, 6.45) is -2.23. The maximum absolute atomic E-state index is 13.1. The second kappa shape index (κ2) is 8.73. The predicted octanol–water partition coefficient (Wildman–Crippen LogP) is 2.80. The van der Waals surface area contributed by atoms with Gasteiger partial charge in [-0.05, 0) is 30.3 Å². The molecular weight excluding hydrogens is 421 g/mol. The van der Waals surface area contributed by atoms with Crippen molar-refractivity contribution in [1.82, 2.24) is 14.8 Å². The largest absolute Gasteiger partial charge is 0.504 e. The Labute approximate surface area is 173 Å². The van der Waals surface area contributed by atoms with Crippen LogP contribution in [0.15, 0.2) is 49.1 Å². The highest BCUT2D eigenvalue weighted by molar-refractivity contribution is 5.98. The number of aromatic hydroxyl groups is 1. The van der Waals surface area contributed by atoms with Crippen LogP contribution in [0.2, 0.25) is 0 Å². The molecule has 162 valence electrons. The Hall–Kier alpha value is -4.09. The van der Waals surface area contributed by atoms with Crippen molar-refractivity contribution in [3.63, 3.8) is 0 Å². The number of nitrogens with zero attached hydrogens (tertiary/aromatic N) is 3. The van der Waals surface area contributed by atoms with Gasteiger partial charge in [0.2, 0.25) is 0 Å². The highest BCUT2D eigenvalue weighted by Gasteiger charge is 2.31. The number of hydrogen-bond acceptors (Lipinski definition) is 7. The van der Waals surface area contributed by atoms with Gasteiger partial charge < -0.3 is 19.9 Å². The Kier molecular flexibility index (Phi) is 6.09. The van der Waals surface area contributed by atoms with E-state index in [1.54, 1.807) is 0 Å². The van der Waals surface area contributed by atoms with Crippen LogP contribution >= 0.6 is 0 Å². The van der Waals surface area contributed by atoms with Gasteiger partial charge in [-0.25, -0.2) is 14.5 Å². The first-order chi connectivity index (χ1) is 14.7. The summed E-state index contributed by atoms with van der Waals surface area (Å²) in [6, 6.07) is 6.78. The zero-order valence-corrected chi connectivity index (χ0v) is 15.9. The predicted molar refractivity (Wildman–Crippen MR) is 99.9 cm³/mol. The maximum atomic E-state index is 13.1. The van der Waals surface area contributed by atoms with Crippen LogP contribution in [-0.4, -0.2) is 45.5 Å². The molecule has 0 atom stereocenters. The minimum atomic E-state index is -4.64. The van der Waals surface area contributed by atoms with Crippen molar-refractivity contribution in [3.8, 4) is 17.2 Å². The van der Waals surface area contributed by atoms with E-state index in [9.17, 15) is 27.9 Å². The van der Waals surface area contributed by atoms with E-state index in [4.69, 9.17) is 9.47 Å². The third-order valence-electron chi connectivity index (χ3n) is 4.04. The lowest BCUT2D eigenvalue weighted by atomic mass is 10.1. The number of rotatable bonds is 6. The van der Waals surface area contributed by atoms with Crippen LogP contribution in [-0.2, 0) is 15.7 Å². The molecule has 0 aliphatic rings. The summed E-state index contributed by atoms with van der Waals surface area (Å²) in [5.74, 6) is -2.37. The lowest BCUT2D eigenvalue weighted by Crippen LogP contribution is -2.22. The van der Waals surface area contributed by atoms with E-state index in [-0.39, 0.29) is 22.7 Å². The molecule has 3 aromatic rings. The number of anilines is 1. The van der Waals surface area contributed by atoms with Crippen molar-refractivity contribution in [2.45, 2.75) is 6.18 Å². The smallest absolute Gasteiger partial charge is 0.416 e. The summed E-state index contributed by atoms with van der Waals surface area (Å²) in [4.78, 5) is 28.1. The Balaban J connectivity index is 1.76. The standard InChI is InChI=1S/C19H15F3N4O5/c1-30-15-4-2-3-12(17(15)28)18(29)31-8-16(27)25-13-7-11(19(20,21)22)5-6-14(13)26-10-23-9-24-26/h2-7,9-10,28H,8H2,1H3,(H,25,27). The third kappa shape index (κ3) is 4.91. The second-order valence-corrected chi connectivity index (χ2v) is 6.05. The molecule has 1 aromatic heterocycles. The molecule has 0 radical (unpaired) electrons. The summed E-state index contributed by atoms with van der Waals surface area (Å²) in [7, 11) is 1.29. The first kappa shape index (κ1) is 21.6. The van der Waals surface area contributed by atoms with Crippen LogP contribution in [0.3, 0.4) is 0 Å². The van der Waals surface area contributed by atoms with Gasteiger partial charge in [0.25, 0.3) is 5.91 Å². The van der Waals surface area contributed by atoms with E-state index in [0.717, 1.165) is 22.9 Å². The molecule has 0 aliphatic heterocycles. The number of methoxy groups -OCH3 is 1. The van der Waals surface area contributed by atoms with E-state index in [0.29, 0.717) is 0 Å². The van der Waals surface area contributed by atoms with E-state index in [1.165, 1.54) is 38.0 Å². The zero-order valence-electron chi connectivity index (χ0n) is 15.9. The Morgan fingerprint density at radius 1 is 1.23 bits per heavy atom. The second-order valence-electron chi connectivity index (χ2n) is 6.05. The van der Waals surface area contributed by atoms with Crippen LogP contribution in [0.4, 0.5) is 18.9 Å². The molecule has 0 bridgehead atoms. The van der Waals surface area contributed by atoms with E-state index in [2.05, 4.69) is 15.4 Å². The highest BCUT2D eigenvalue weighted by Crippen LogP contribution is 2.33. The van der Waals surface area contributed by atoms with Crippen LogP contribution in [0.25, 0.3) is 5.69 Å². The first-order valence-corrected chi connectivity index (χ1v) is 8.60. The number of nitrogens with one attached hydrogen (secondary N) is 1. The van der Waals surface area contributed by atoms with Crippen molar-refractivity contribution in [3.05, 3.63) is 60.2 Å². The molecule has 1 amide bonds. The average Bonchev–Trinajstić information content (AvgIpc) is 3.26. The molecular formula is C19H15F3N4O5. The number of halogens is 3. The number of esters is 1. The molecule has 2 N–H and O–H groups in total. The summed E-state index contributed by atoms with van der Waals surface area (Å²) in [5, 5.41) is 16.1. The minimum absolute atomic E-state index is 0.0281. The van der Waals surface area contributed by atoms with Gasteiger partial charge in [0.05, 0.1) is 24.0 Å². The number of aromatic nitrogens is 3. The molecule has 0 unspecified atom stereocenters. The van der Waals surface area contributed by atoms with Crippen molar-refractivity contribution in [2.24, 2.45) is 0 Å². The number of carbonyl (C=O) groups is 2. The number of benzene rings is 2. The van der Waals surface area contributed by atoms with Crippen LogP contribution in [0.1, 0.15) is 15.9 Å². The topological polar surface area (TPSA) is 116 Å². The number of alkyl halides is 3. The van der Waals surface area contributed by atoms with Crippen LogP contribution < -0.4 is 10.1 Å². The molecule has 2 aromatic carbocycles. The molecule has 0 spiro atoms. The van der Waals surface area contributed by atoms with E-state index in [1.807, 2.05) is 0 Å². The van der Waals surface area contributed by atoms with E-state index < -0.39 is 36.0 Å². The van der Waals surface area contributed by atoms with Crippen molar-refractivity contribution < 1.29 is 37.3 Å². The number of carbonyl (C=O) groups excluding carboxylic acids is 2. The van der Waals surface area contributed by atoms with Crippen molar-refractivity contribution in [1.29, 1.82) is 0 Å². The Morgan fingerprint density at radius 2 is 2.00 bits per heavy atom. The van der Waals surface area contributed by atoms with Gasteiger partial charge in [-0.2, -0.15) is 18.3 Å². The lowest BCUT2D eigenvalue weighted by Gasteiger charge is -2.14. The highest BCUT2D eigenvalue weighted by atomic mass is 19.4. The SMILES string of the molecule is COc1cccc(C(=O)OCC(=O)Nc2cc(C(F)(F)F)ccc2-n2cncn2)c1O. The molecule has 12 heteroatoms. The van der Waals surface area contributed by atoms with Crippen LogP contribution in [0, 0.1) is 0 Å². The van der Waals surface area contributed by atoms with Gasteiger partial charge in [0.15, 0.2) is 18.1 Å². The summed E-state index contributed by atoms with van der Waals surface area (Å²) >= 11 is 0. The summed E-state index contributed by atoms with van der Waals surface area (Å²) in [6.45, 7) is -0.817. The molecule has 1 heterocycles. The van der Waals surface area contributed by atoms with Gasteiger partial charge in [-0.3, -0.25) is 4.79 Å². The number of amides is 1. The number of ether oxygens (including phenoxy) is 2. The zero-order chi connectivity index (χ0) is 22.6.